The molecular weight excluding hydrogens is 264 g/mol. The van der Waals surface area contributed by atoms with Gasteiger partial charge in [0.25, 0.3) is 0 Å². The van der Waals surface area contributed by atoms with Gasteiger partial charge < -0.3 is 15.5 Å². The average molecular weight is 284 g/mol. The van der Waals surface area contributed by atoms with Crippen molar-refractivity contribution >= 4 is 23.4 Å². The molecule has 0 radical (unpaired) electrons. The number of carboxylic acid groups (broad SMARTS) is 1. The second-order valence-corrected chi connectivity index (χ2v) is 5.42. The second kappa shape index (κ2) is 8.01. The molecule has 0 bridgehead atoms. The van der Waals surface area contributed by atoms with Crippen molar-refractivity contribution in [1.29, 1.82) is 0 Å². The zero-order valence-electron chi connectivity index (χ0n) is 11.3. The summed E-state index contributed by atoms with van der Waals surface area (Å²) >= 11 is 1.73. The zero-order valence-corrected chi connectivity index (χ0v) is 12.1. The fraction of sp³-hybridized carbons (Fsp3) is 0.538. The predicted molar refractivity (Wildman–Crippen MR) is 78.2 cm³/mol. The Morgan fingerprint density at radius 1 is 1.42 bits per heavy atom. The van der Waals surface area contributed by atoms with Crippen LogP contribution in [0, 0.1) is 13.8 Å². The molecule has 1 rings (SSSR count). The normalized spacial score (nSPS) is 10.5. The molecule has 0 spiro atoms. The van der Waals surface area contributed by atoms with E-state index in [1.54, 1.807) is 24.8 Å². The highest BCUT2D eigenvalue weighted by Crippen LogP contribution is 2.19. The number of aromatic nitrogens is 1. The number of pyridine rings is 1. The molecule has 0 unspecified atom stereocenters. The molecule has 0 fully saturated rings. The second-order valence-electron chi connectivity index (χ2n) is 4.19. The van der Waals surface area contributed by atoms with E-state index in [2.05, 4.69) is 10.3 Å². The van der Waals surface area contributed by atoms with Crippen molar-refractivity contribution in [1.82, 2.24) is 4.98 Å². The molecule has 0 saturated carbocycles. The van der Waals surface area contributed by atoms with Crippen LogP contribution < -0.4 is 5.32 Å². The van der Waals surface area contributed by atoms with Crippen LogP contribution in [0.2, 0.25) is 0 Å². The van der Waals surface area contributed by atoms with Crippen LogP contribution in [0.3, 0.4) is 0 Å². The Balaban J connectivity index is 2.59. The summed E-state index contributed by atoms with van der Waals surface area (Å²) in [7, 11) is 0. The molecule has 0 aliphatic carbocycles. The van der Waals surface area contributed by atoms with Crippen molar-refractivity contribution in [3.8, 4) is 0 Å². The van der Waals surface area contributed by atoms with Crippen molar-refractivity contribution in [2.75, 3.05) is 30.0 Å². The summed E-state index contributed by atoms with van der Waals surface area (Å²) in [5, 5.41) is 21.0. The Labute approximate surface area is 117 Å². The third-order valence-corrected chi connectivity index (χ3v) is 3.62. The number of aliphatic hydroxyl groups is 1. The fourth-order valence-corrected chi connectivity index (χ4v) is 2.55. The molecule has 5 nitrogen and oxygen atoms in total. The van der Waals surface area contributed by atoms with Crippen LogP contribution in [0.5, 0.6) is 0 Å². The van der Waals surface area contributed by atoms with Crippen LogP contribution >= 0.6 is 11.8 Å². The quantitative estimate of drug-likeness (QED) is 0.633. The van der Waals surface area contributed by atoms with Gasteiger partial charge in [-0.2, -0.15) is 11.8 Å². The summed E-state index contributed by atoms with van der Waals surface area (Å²) in [6.45, 7) is 4.46. The lowest BCUT2D eigenvalue weighted by atomic mass is 10.1. The van der Waals surface area contributed by atoms with Crippen LogP contribution in [0.1, 0.15) is 28.2 Å². The van der Waals surface area contributed by atoms with E-state index in [4.69, 9.17) is 5.11 Å². The van der Waals surface area contributed by atoms with Crippen LogP contribution in [0.15, 0.2) is 6.07 Å². The number of nitrogens with one attached hydrogen (secondary N) is 1. The van der Waals surface area contributed by atoms with Gasteiger partial charge in [-0.05, 0) is 32.1 Å². The lowest BCUT2D eigenvalue weighted by molar-refractivity contribution is 0.0696. The summed E-state index contributed by atoms with van der Waals surface area (Å²) in [6.07, 6.45) is 0.790. The first kappa shape index (κ1) is 15.8. The largest absolute Gasteiger partial charge is 0.478 e. The number of hydrogen-bond acceptors (Lipinski definition) is 5. The molecule has 0 aliphatic rings. The Kier molecular flexibility index (Phi) is 6.66. The number of carboxylic acids is 1. The summed E-state index contributed by atoms with van der Waals surface area (Å²) in [4.78, 5) is 15.4. The number of aliphatic hydroxyl groups excluding tert-OH is 1. The number of thioether (sulfide) groups is 1. The smallest absolute Gasteiger partial charge is 0.339 e. The van der Waals surface area contributed by atoms with Gasteiger partial charge in [0.05, 0.1) is 11.4 Å². The summed E-state index contributed by atoms with van der Waals surface area (Å²) in [5.74, 6) is 0.832. The molecule has 3 N–H and O–H groups in total. The van der Waals surface area contributed by atoms with Crippen molar-refractivity contribution in [3.63, 3.8) is 0 Å². The van der Waals surface area contributed by atoms with E-state index < -0.39 is 5.97 Å². The maximum atomic E-state index is 11.2. The molecular formula is C13H20N2O3S. The third-order valence-electron chi connectivity index (χ3n) is 2.55. The molecule has 19 heavy (non-hydrogen) atoms. The van der Waals surface area contributed by atoms with Gasteiger partial charge in [-0.15, -0.1) is 0 Å². The Morgan fingerprint density at radius 2 is 2.16 bits per heavy atom. The number of carbonyl (C=O) groups is 1. The fourth-order valence-electron chi connectivity index (χ4n) is 1.76. The van der Waals surface area contributed by atoms with E-state index in [0.29, 0.717) is 17.9 Å². The van der Waals surface area contributed by atoms with Gasteiger partial charge in [-0.25, -0.2) is 4.79 Å². The van der Waals surface area contributed by atoms with E-state index in [1.165, 1.54) is 0 Å². The van der Waals surface area contributed by atoms with Gasteiger partial charge >= 0.3 is 5.97 Å². The lowest BCUT2D eigenvalue weighted by Gasteiger charge is -2.12. The van der Waals surface area contributed by atoms with Gasteiger partial charge in [-0.3, -0.25) is 4.98 Å². The van der Waals surface area contributed by atoms with Crippen LogP contribution in [-0.4, -0.2) is 45.8 Å². The molecule has 106 valence electrons. The highest BCUT2D eigenvalue weighted by Gasteiger charge is 2.14. The van der Waals surface area contributed by atoms with Crippen molar-refractivity contribution in [2.24, 2.45) is 0 Å². The molecule has 6 heteroatoms. The van der Waals surface area contributed by atoms with Crippen molar-refractivity contribution in [2.45, 2.75) is 20.3 Å². The van der Waals surface area contributed by atoms with Gasteiger partial charge in [0.2, 0.25) is 0 Å². The minimum absolute atomic E-state index is 0.215. The van der Waals surface area contributed by atoms with Crippen LogP contribution in [0.25, 0.3) is 0 Å². The summed E-state index contributed by atoms with van der Waals surface area (Å²) in [5.41, 5.74) is 2.20. The molecule has 0 amide bonds. The van der Waals surface area contributed by atoms with E-state index >= 15 is 0 Å². The highest BCUT2D eigenvalue weighted by molar-refractivity contribution is 7.99. The Hall–Kier alpha value is -1.27. The maximum absolute atomic E-state index is 11.2. The van der Waals surface area contributed by atoms with E-state index in [-0.39, 0.29) is 12.2 Å². The van der Waals surface area contributed by atoms with E-state index in [0.717, 1.165) is 23.6 Å². The summed E-state index contributed by atoms with van der Waals surface area (Å²) < 4.78 is 0. The first-order chi connectivity index (χ1) is 9.06. The number of aromatic carboxylic acids is 1. The van der Waals surface area contributed by atoms with E-state index in [9.17, 15) is 9.90 Å². The van der Waals surface area contributed by atoms with Gasteiger partial charge in [0, 0.05) is 24.6 Å². The Bertz CT molecular complexity index is 438. The molecule has 1 aromatic heterocycles. The predicted octanol–water partition coefficient (Wildman–Crippen LogP) is 1.92. The molecule has 0 atom stereocenters. The van der Waals surface area contributed by atoms with Crippen LogP contribution in [-0.2, 0) is 0 Å². The van der Waals surface area contributed by atoms with Crippen molar-refractivity contribution < 1.29 is 15.0 Å². The third kappa shape index (κ3) is 5.08. The number of rotatable bonds is 8. The zero-order chi connectivity index (χ0) is 14.3. The monoisotopic (exact) mass is 284 g/mol. The minimum atomic E-state index is -0.958. The average Bonchev–Trinajstić information content (AvgIpc) is 2.32. The van der Waals surface area contributed by atoms with Gasteiger partial charge in [0.15, 0.2) is 0 Å². The minimum Gasteiger partial charge on any atom is -0.478 e. The number of hydrogen-bond donors (Lipinski definition) is 3. The molecule has 1 heterocycles. The van der Waals surface area contributed by atoms with Crippen LogP contribution in [0.4, 0.5) is 5.69 Å². The lowest BCUT2D eigenvalue weighted by Crippen LogP contribution is -2.12. The first-order valence-electron chi connectivity index (χ1n) is 6.20. The molecule has 1 aromatic rings. The maximum Gasteiger partial charge on any atom is 0.339 e. The van der Waals surface area contributed by atoms with Crippen molar-refractivity contribution in [3.05, 3.63) is 23.0 Å². The Morgan fingerprint density at radius 3 is 2.79 bits per heavy atom. The molecule has 0 aliphatic heterocycles. The standard InChI is InChI=1S/C13H20N2O3S/c1-9-8-11(12(13(17)18)10(2)15-9)14-4-7-19-6-3-5-16/h8,16H,3-7H2,1-2H3,(H,14,15)(H,17,18). The number of nitrogens with zero attached hydrogens (tertiary/aromatic N) is 1. The van der Waals surface area contributed by atoms with Gasteiger partial charge in [0.1, 0.15) is 5.56 Å². The molecule has 0 aromatic carbocycles. The topological polar surface area (TPSA) is 82.5 Å². The van der Waals surface area contributed by atoms with Gasteiger partial charge in [-0.1, -0.05) is 0 Å². The number of anilines is 1. The first-order valence-corrected chi connectivity index (χ1v) is 7.35. The highest BCUT2D eigenvalue weighted by atomic mass is 32.2. The molecule has 0 saturated heterocycles. The van der Waals surface area contributed by atoms with E-state index in [1.807, 2.05) is 6.92 Å². The number of aryl methyl sites for hydroxylation is 2. The summed E-state index contributed by atoms with van der Waals surface area (Å²) in [6, 6.07) is 1.76. The SMILES string of the molecule is Cc1cc(NCCSCCCO)c(C(=O)O)c(C)n1.